The van der Waals surface area contributed by atoms with Crippen LogP contribution in [0.2, 0.25) is 5.02 Å². The fourth-order valence-corrected chi connectivity index (χ4v) is 4.18. The molecule has 5 nitrogen and oxygen atoms in total. The third kappa shape index (κ3) is 7.47. The molecule has 0 saturated carbocycles. The lowest BCUT2D eigenvalue weighted by Crippen LogP contribution is -2.50. The van der Waals surface area contributed by atoms with Gasteiger partial charge in [0, 0.05) is 35.5 Å². The number of carbonyl (C=O) groups excluding carboxylic acids is 2. The van der Waals surface area contributed by atoms with Crippen molar-refractivity contribution in [3.63, 3.8) is 0 Å². The number of piperidine rings is 1. The topological polar surface area (TPSA) is 58.2 Å². The zero-order valence-corrected chi connectivity index (χ0v) is 19.2. The Labute approximate surface area is 196 Å². The molecule has 2 amide bonds. The Kier molecular flexibility index (Phi) is 8.02. The standard InChI is InChI=1S/C24H27ClF3N3O2/c1-31(16-18-5-7-21(25)8-6-18)11-9-17(10-12-31)14-29-22(32)15-30-23(33)19-3-2-4-20(13-19)24(26,27)28/h2-8,13,17H,9-12,14-16H2,1H3,(H-,29,30,32,33)/p+1. The first-order chi connectivity index (χ1) is 15.5. The van der Waals surface area contributed by atoms with Crippen molar-refractivity contribution in [2.24, 2.45) is 5.92 Å². The summed E-state index contributed by atoms with van der Waals surface area (Å²) in [7, 11) is 2.23. The van der Waals surface area contributed by atoms with Crippen molar-refractivity contribution in [2.45, 2.75) is 25.6 Å². The van der Waals surface area contributed by atoms with Crippen LogP contribution in [0.25, 0.3) is 0 Å². The van der Waals surface area contributed by atoms with Crippen LogP contribution in [-0.4, -0.2) is 49.5 Å². The van der Waals surface area contributed by atoms with E-state index in [1.54, 1.807) is 0 Å². The Morgan fingerprint density at radius 1 is 1.06 bits per heavy atom. The van der Waals surface area contributed by atoms with Gasteiger partial charge < -0.3 is 15.1 Å². The van der Waals surface area contributed by atoms with E-state index < -0.39 is 17.6 Å². The Balaban J connectivity index is 1.39. The van der Waals surface area contributed by atoms with Crippen LogP contribution in [0, 0.1) is 5.92 Å². The molecule has 1 aliphatic rings. The van der Waals surface area contributed by atoms with Crippen LogP contribution in [-0.2, 0) is 17.5 Å². The van der Waals surface area contributed by atoms with Crippen molar-refractivity contribution < 1.29 is 27.2 Å². The summed E-state index contributed by atoms with van der Waals surface area (Å²) >= 11 is 5.96. The van der Waals surface area contributed by atoms with Crippen molar-refractivity contribution in [2.75, 3.05) is 33.2 Å². The Morgan fingerprint density at radius 2 is 1.73 bits per heavy atom. The van der Waals surface area contributed by atoms with Gasteiger partial charge in [-0.2, -0.15) is 13.2 Å². The van der Waals surface area contributed by atoms with E-state index in [1.165, 1.54) is 17.7 Å². The van der Waals surface area contributed by atoms with Gasteiger partial charge >= 0.3 is 6.18 Å². The van der Waals surface area contributed by atoms with Crippen LogP contribution in [0.1, 0.15) is 34.3 Å². The lowest BCUT2D eigenvalue weighted by atomic mass is 9.94. The van der Waals surface area contributed by atoms with E-state index in [0.29, 0.717) is 12.5 Å². The number of nitrogens with one attached hydrogen (secondary N) is 2. The second kappa shape index (κ2) is 10.6. The largest absolute Gasteiger partial charge is 0.416 e. The molecule has 9 heteroatoms. The summed E-state index contributed by atoms with van der Waals surface area (Å²) in [6.45, 7) is 3.15. The molecule has 1 aliphatic heterocycles. The van der Waals surface area contributed by atoms with Gasteiger partial charge in [-0.3, -0.25) is 9.59 Å². The minimum absolute atomic E-state index is 0.136. The Bertz CT molecular complexity index is 972. The molecular weight excluding hydrogens is 455 g/mol. The van der Waals surface area contributed by atoms with Crippen LogP contribution in [0.15, 0.2) is 48.5 Å². The normalized spacial score (nSPS) is 20.8. The van der Waals surface area contributed by atoms with Crippen LogP contribution in [0.5, 0.6) is 0 Å². The van der Waals surface area contributed by atoms with Gasteiger partial charge in [0.2, 0.25) is 5.91 Å². The third-order valence-corrected chi connectivity index (χ3v) is 6.33. The number of nitrogens with zero attached hydrogens (tertiary/aromatic N) is 1. The van der Waals surface area contributed by atoms with Crippen LogP contribution < -0.4 is 10.6 Å². The fraction of sp³-hybridized carbons (Fsp3) is 0.417. The maximum atomic E-state index is 12.8. The number of rotatable bonds is 7. The number of halogens is 4. The van der Waals surface area contributed by atoms with Gasteiger partial charge in [-0.15, -0.1) is 0 Å². The number of amides is 2. The predicted octanol–water partition coefficient (Wildman–Crippen LogP) is 4.26. The number of hydrogen-bond acceptors (Lipinski definition) is 2. The highest BCUT2D eigenvalue weighted by molar-refractivity contribution is 6.30. The highest BCUT2D eigenvalue weighted by atomic mass is 35.5. The number of carbonyl (C=O) groups is 2. The summed E-state index contributed by atoms with van der Waals surface area (Å²) in [5, 5.41) is 5.93. The molecule has 33 heavy (non-hydrogen) atoms. The predicted molar refractivity (Wildman–Crippen MR) is 121 cm³/mol. The molecule has 0 spiro atoms. The van der Waals surface area contributed by atoms with Crippen LogP contribution in [0.4, 0.5) is 13.2 Å². The molecule has 0 bridgehead atoms. The lowest BCUT2D eigenvalue weighted by Gasteiger charge is -2.40. The maximum absolute atomic E-state index is 12.8. The van der Waals surface area contributed by atoms with Gasteiger partial charge in [-0.25, -0.2) is 0 Å². The van der Waals surface area contributed by atoms with Gasteiger partial charge in [0.25, 0.3) is 5.91 Å². The molecule has 0 unspecified atom stereocenters. The molecular formula is C24H28ClF3N3O2+. The van der Waals surface area contributed by atoms with Crippen LogP contribution >= 0.6 is 11.6 Å². The Morgan fingerprint density at radius 3 is 2.36 bits per heavy atom. The van der Waals surface area contributed by atoms with Crippen molar-refractivity contribution in [1.82, 2.24) is 10.6 Å². The minimum Gasteiger partial charge on any atom is -0.354 e. The van der Waals surface area contributed by atoms with Crippen molar-refractivity contribution in [3.8, 4) is 0 Å². The van der Waals surface area contributed by atoms with Gasteiger partial charge in [0.15, 0.2) is 0 Å². The summed E-state index contributed by atoms with van der Waals surface area (Å²) in [5.41, 5.74) is 0.200. The van der Waals surface area contributed by atoms with E-state index in [4.69, 9.17) is 11.6 Å². The molecule has 2 aromatic rings. The molecule has 1 fully saturated rings. The first-order valence-electron chi connectivity index (χ1n) is 10.8. The third-order valence-electron chi connectivity index (χ3n) is 6.08. The minimum atomic E-state index is -4.53. The molecule has 1 saturated heterocycles. The smallest absolute Gasteiger partial charge is 0.354 e. The molecule has 0 atom stereocenters. The number of hydrogen-bond donors (Lipinski definition) is 2. The van der Waals surface area contributed by atoms with E-state index >= 15 is 0 Å². The second-order valence-corrected chi connectivity index (χ2v) is 9.30. The molecule has 0 aliphatic carbocycles. The average Bonchev–Trinajstić information content (AvgIpc) is 2.78. The summed E-state index contributed by atoms with van der Waals surface area (Å²) in [5.74, 6) is -0.729. The lowest BCUT2D eigenvalue weighted by molar-refractivity contribution is -0.928. The monoisotopic (exact) mass is 482 g/mol. The quantitative estimate of drug-likeness (QED) is 0.579. The van der Waals surface area contributed by atoms with E-state index in [1.807, 2.05) is 24.3 Å². The zero-order valence-electron chi connectivity index (χ0n) is 18.4. The number of benzene rings is 2. The Hall–Kier alpha value is -2.58. The van der Waals surface area contributed by atoms with E-state index in [2.05, 4.69) is 17.7 Å². The second-order valence-electron chi connectivity index (χ2n) is 8.86. The van der Waals surface area contributed by atoms with Crippen LogP contribution in [0.3, 0.4) is 0 Å². The zero-order chi connectivity index (χ0) is 24.1. The molecule has 1 heterocycles. The number of alkyl halides is 3. The molecule has 2 N–H and O–H groups in total. The highest BCUT2D eigenvalue weighted by Gasteiger charge is 2.31. The van der Waals surface area contributed by atoms with Gasteiger partial charge in [0.1, 0.15) is 6.54 Å². The molecule has 178 valence electrons. The highest BCUT2D eigenvalue weighted by Crippen LogP contribution is 2.29. The average molecular weight is 483 g/mol. The summed E-state index contributed by atoms with van der Waals surface area (Å²) < 4.78 is 39.3. The molecule has 2 aromatic carbocycles. The first kappa shape index (κ1) is 25.1. The van der Waals surface area contributed by atoms with E-state index in [0.717, 1.165) is 54.1 Å². The van der Waals surface area contributed by atoms with E-state index in [-0.39, 0.29) is 18.0 Å². The summed E-state index contributed by atoms with van der Waals surface area (Å²) in [4.78, 5) is 24.2. The number of likely N-dealkylation sites (tertiary alicyclic amines) is 1. The van der Waals surface area contributed by atoms with Crippen molar-refractivity contribution in [1.29, 1.82) is 0 Å². The summed E-state index contributed by atoms with van der Waals surface area (Å²) in [6, 6.07) is 12.0. The van der Waals surface area contributed by atoms with E-state index in [9.17, 15) is 22.8 Å². The molecule has 0 aromatic heterocycles. The van der Waals surface area contributed by atoms with Gasteiger partial charge in [-0.1, -0.05) is 29.8 Å². The maximum Gasteiger partial charge on any atom is 0.416 e. The molecule has 3 rings (SSSR count). The van der Waals surface area contributed by atoms with Gasteiger partial charge in [-0.05, 0) is 36.2 Å². The first-order valence-corrected chi connectivity index (χ1v) is 11.2. The van der Waals surface area contributed by atoms with Crippen molar-refractivity contribution >= 4 is 23.4 Å². The molecule has 0 radical (unpaired) electrons. The van der Waals surface area contributed by atoms with Crippen molar-refractivity contribution in [3.05, 3.63) is 70.2 Å². The fourth-order valence-electron chi connectivity index (χ4n) is 4.06. The SMILES string of the molecule is C[N+]1(Cc2ccc(Cl)cc2)CCC(CNC(=O)CNC(=O)c2cccc(C(F)(F)F)c2)CC1. The number of quaternary nitrogens is 1. The van der Waals surface area contributed by atoms with Gasteiger partial charge in [0.05, 0.1) is 32.2 Å². The summed E-state index contributed by atoms with van der Waals surface area (Å²) in [6.07, 6.45) is -2.58.